The molecule has 1 aliphatic heterocycles. The Balaban J connectivity index is 1.80. The van der Waals surface area contributed by atoms with Gasteiger partial charge >= 0.3 is 5.97 Å². The highest BCUT2D eigenvalue weighted by atomic mass is 32.2. The van der Waals surface area contributed by atoms with Crippen LogP contribution < -0.4 is 0 Å². The molecule has 0 amide bonds. The number of rotatable bonds is 3. The van der Waals surface area contributed by atoms with Crippen molar-refractivity contribution in [3.63, 3.8) is 0 Å². The number of aryl methyl sites for hydroxylation is 1. The van der Waals surface area contributed by atoms with Crippen LogP contribution in [-0.2, 0) is 13.0 Å². The van der Waals surface area contributed by atoms with Gasteiger partial charge in [0.25, 0.3) is 0 Å². The molecule has 19 heavy (non-hydrogen) atoms. The zero-order valence-electron chi connectivity index (χ0n) is 10.7. The van der Waals surface area contributed by atoms with Crippen LogP contribution in [0.3, 0.4) is 0 Å². The lowest BCUT2D eigenvalue weighted by Gasteiger charge is -2.12. The number of carboxylic acid groups (broad SMARTS) is 1. The second-order valence-corrected chi connectivity index (χ2v) is 6.20. The predicted octanol–water partition coefficient (Wildman–Crippen LogP) is 3.21. The SMILES string of the molecule is Cc1ccn(CC2Cc3ccccc3S2)c1C(=O)O. The van der Waals surface area contributed by atoms with Gasteiger partial charge in [-0.2, -0.15) is 0 Å². The van der Waals surface area contributed by atoms with E-state index in [0.29, 0.717) is 10.9 Å². The van der Waals surface area contributed by atoms with Crippen LogP contribution >= 0.6 is 11.8 Å². The quantitative estimate of drug-likeness (QED) is 0.933. The van der Waals surface area contributed by atoms with Gasteiger partial charge in [-0.15, -0.1) is 11.8 Å². The molecule has 0 saturated heterocycles. The Morgan fingerprint density at radius 3 is 2.95 bits per heavy atom. The first-order chi connectivity index (χ1) is 9.15. The molecule has 0 aliphatic carbocycles. The summed E-state index contributed by atoms with van der Waals surface area (Å²) in [7, 11) is 0. The summed E-state index contributed by atoms with van der Waals surface area (Å²) in [6, 6.07) is 10.3. The zero-order valence-corrected chi connectivity index (χ0v) is 11.5. The van der Waals surface area contributed by atoms with Crippen molar-refractivity contribution in [2.75, 3.05) is 0 Å². The lowest BCUT2D eigenvalue weighted by molar-refractivity contribution is 0.0684. The fraction of sp³-hybridized carbons (Fsp3) is 0.267. The molecule has 1 aromatic heterocycles. The number of hydrogen-bond donors (Lipinski definition) is 1. The van der Waals surface area contributed by atoms with Gasteiger partial charge in [0.1, 0.15) is 5.69 Å². The topological polar surface area (TPSA) is 42.2 Å². The van der Waals surface area contributed by atoms with E-state index in [2.05, 4.69) is 24.3 Å². The Hall–Kier alpha value is -1.68. The number of thioether (sulfide) groups is 1. The van der Waals surface area contributed by atoms with E-state index in [4.69, 9.17) is 0 Å². The second-order valence-electron chi connectivity index (χ2n) is 4.86. The number of nitrogens with zero attached hydrogens (tertiary/aromatic N) is 1. The lowest BCUT2D eigenvalue weighted by Crippen LogP contribution is -2.16. The van der Waals surface area contributed by atoms with E-state index in [1.54, 1.807) is 0 Å². The van der Waals surface area contributed by atoms with E-state index in [1.807, 2.05) is 35.5 Å². The molecule has 3 rings (SSSR count). The highest BCUT2D eigenvalue weighted by Crippen LogP contribution is 2.37. The van der Waals surface area contributed by atoms with Crippen molar-refractivity contribution in [1.29, 1.82) is 0 Å². The smallest absolute Gasteiger partial charge is 0.352 e. The standard InChI is InChI=1S/C15H15NO2S/c1-10-6-7-16(14(10)15(17)18)9-12-8-11-4-2-3-5-13(11)19-12/h2-7,12H,8-9H2,1H3,(H,17,18). The molecular weight excluding hydrogens is 258 g/mol. The Labute approximate surface area is 116 Å². The minimum Gasteiger partial charge on any atom is -0.477 e. The average molecular weight is 273 g/mol. The summed E-state index contributed by atoms with van der Waals surface area (Å²) < 4.78 is 1.86. The van der Waals surface area contributed by atoms with Crippen LogP contribution in [0.2, 0.25) is 0 Å². The second kappa shape index (κ2) is 4.78. The fourth-order valence-corrected chi connectivity index (χ4v) is 3.92. The molecular formula is C15H15NO2S. The molecule has 2 heterocycles. The van der Waals surface area contributed by atoms with Crippen LogP contribution in [0, 0.1) is 6.92 Å². The van der Waals surface area contributed by atoms with Gasteiger partial charge < -0.3 is 9.67 Å². The number of hydrogen-bond acceptors (Lipinski definition) is 2. The third-order valence-electron chi connectivity index (χ3n) is 3.48. The van der Waals surface area contributed by atoms with E-state index >= 15 is 0 Å². The van der Waals surface area contributed by atoms with Crippen molar-refractivity contribution >= 4 is 17.7 Å². The minimum absolute atomic E-state index is 0.413. The molecule has 0 radical (unpaired) electrons. The van der Waals surface area contributed by atoms with Gasteiger partial charge in [-0.05, 0) is 36.6 Å². The lowest BCUT2D eigenvalue weighted by atomic mass is 10.1. The van der Waals surface area contributed by atoms with Crippen molar-refractivity contribution in [1.82, 2.24) is 4.57 Å². The van der Waals surface area contributed by atoms with Crippen LogP contribution in [0.5, 0.6) is 0 Å². The molecule has 1 aliphatic rings. The highest BCUT2D eigenvalue weighted by Gasteiger charge is 2.24. The maximum atomic E-state index is 11.3. The maximum absolute atomic E-state index is 11.3. The molecule has 0 saturated carbocycles. The summed E-state index contributed by atoms with van der Waals surface area (Å²) in [4.78, 5) is 12.6. The Morgan fingerprint density at radius 2 is 2.21 bits per heavy atom. The normalized spacial score (nSPS) is 17.4. The highest BCUT2D eigenvalue weighted by molar-refractivity contribution is 8.00. The van der Waals surface area contributed by atoms with Crippen molar-refractivity contribution in [2.24, 2.45) is 0 Å². The molecule has 2 aromatic rings. The summed E-state index contributed by atoms with van der Waals surface area (Å²) in [6.07, 6.45) is 2.89. The molecule has 1 atom stereocenters. The summed E-state index contributed by atoms with van der Waals surface area (Å²) in [5, 5.41) is 9.67. The Kier molecular flexibility index (Phi) is 3.11. The van der Waals surface area contributed by atoms with Crippen LogP contribution in [0.25, 0.3) is 0 Å². The van der Waals surface area contributed by atoms with E-state index in [0.717, 1.165) is 18.5 Å². The third kappa shape index (κ3) is 2.28. The zero-order chi connectivity index (χ0) is 13.4. The van der Waals surface area contributed by atoms with Gasteiger partial charge in [-0.1, -0.05) is 18.2 Å². The summed E-state index contributed by atoms with van der Waals surface area (Å²) >= 11 is 1.85. The first-order valence-electron chi connectivity index (χ1n) is 6.28. The minimum atomic E-state index is -0.844. The van der Waals surface area contributed by atoms with Crippen LogP contribution in [0.15, 0.2) is 41.4 Å². The molecule has 4 heteroatoms. The van der Waals surface area contributed by atoms with Gasteiger partial charge in [0.05, 0.1) is 0 Å². The van der Waals surface area contributed by atoms with E-state index in [9.17, 15) is 9.90 Å². The van der Waals surface area contributed by atoms with Gasteiger partial charge in [0.15, 0.2) is 0 Å². The van der Waals surface area contributed by atoms with Crippen LogP contribution in [0.4, 0.5) is 0 Å². The Bertz CT molecular complexity index is 608. The van der Waals surface area contributed by atoms with Crippen molar-refractivity contribution in [3.8, 4) is 0 Å². The largest absolute Gasteiger partial charge is 0.477 e. The van der Waals surface area contributed by atoms with Gasteiger partial charge in [-0.3, -0.25) is 0 Å². The number of benzene rings is 1. The molecule has 0 spiro atoms. The molecule has 0 fully saturated rings. The van der Waals surface area contributed by atoms with Crippen LogP contribution in [0.1, 0.15) is 21.6 Å². The first kappa shape index (κ1) is 12.4. The summed E-state index contributed by atoms with van der Waals surface area (Å²) in [5.41, 5.74) is 2.61. The van der Waals surface area contributed by atoms with Crippen molar-refractivity contribution < 1.29 is 9.90 Å². The molecule has 1 N–H and O–H groups in total. The number of carbonyl (C=O) groups is 1. The fourth-order valence-electron chi connectivity index (χ4n) is 2.60. The molecule has 1 aromatic carbocycles. The predicted molar refractivity (Wildman–Crippen MR) is 75.9 cm³/mol. The molecule has 3 nitrogen and oxygen atoms in total. The molecule has 0 bridgehead atoms. The van der Waals surface area contributed by atoms with Gasteiger partial charge in [0.2, 0.25) is 0 Å². The van der Waals surface area contributed by atoms with Crippen LogP contribution in [-0.4, -0.2) is 20.9 Å². The molecule has 98 valence electrons. The number of aromatic nitrogens is 1. The van der Waals surface area contributed by atoms with E-state index < -0.39 is 5.97 Å². The number of aromatic carboxylic acids is 1. The number of fused-ring (bicyclic) bond motifs is 1. The van der Waals surface area contributed by atoms with Gasteiger partial charge in [-0.25, -0.2) is 4.79 Å². The molecule has 1 unspecified atom stereocenters. The van der Waals surface area contributed by atoms with Crippen molar-refractivity contribution in [2.45, 2.75) is 30.0 Å². The maximum Gasteiger partial charge on any atom is 0.352 e. The first-order valence-corrected chi connectivity index (χ1v) is 7.16. The summed E-state index contributed by atoms with van der Waals surface area (Å²) in [6.45, 7) is 2.59. The van der Waals surface area contributed by atoms with Gasteiger partial charge in [0, 0.05) is 22.9 Å². The average Bonchev–Trinajstić information content (AvgIpc) is 2.92. The van der Waals surface area contributed by atoms with E-state index in [1.165, 1.54) is 10.5 Å². The van der Waals surface area contributed by atoms with Crippen molar-refractivity contribution in [3.05, 3.63) is 53.3 Å². The van der Waals surface area contributed by atoms with E-state index in [-0.39, 0.29) is 0 Å². The number of carboxylic acids is 1. The summed E-state index contributed by atoms with van der Waals surface area (Å²) in [5.74, 6) is -0.844. The monoisotopic (exact) mass is 273 g/mol. The Morgan fingerprint density at radius 1 is 1.42 bits per heavy atom. The third-order valence-corrected chi connectivity index (χ3v) is 4.78.